The van der Waals surface area contributed by atoms with E-state index in [9.17, 15) is 4.79 Å². The van der Waals surface area contributed by atoms with E-state index >= 15 is 0 Å². The summed E-state index contributed by atoms with van der Waals surface area (Å²) in [5, 5.41) is 6.84. The Kier molecular flexibility index (Phi) is 5.45. The highest BCUT2D eigenvalue weighted by molar-refractivity contribution is 9.10. The van der Waals surface area contributed by atoms with E-state index < -0.39 is 0 Å². The highest BCUT2D eigenvalue weighted by Crippen LogP contribution is 2.15. The highest BCUT2D eigenvalue weighted by atomic mass is 79.9. The number of hydrogen-bond donors (Lipinski definition) is 1. The molecular formula is C12H15BrN4O3. The molecule has 0 fully saturated rings. The number of methoxy groups -OCH3 is 1. The number of carbonyl (C=O) groups is 1. The minimum atomic E-state index is -0.184. The number of pyridine rings is 1. The lowest BCUT2D eigenvalue weighted by Crippen LogP contribution is -2.26. The number of nitrogens with one attached hydrogen (secondary N) is 1. The van der Waals surface area contributed by atoms with Gasteiger partial charge in [0, 0.05) is 24.3 Å². The van der Waals surface area contributed by atoms with Crippen LogP contribution in [-0.2, 0) is 9.47 Å². The fourth-order valence-corrected chi connectivity index (χ4v) is 2.10. The molecule has 0 aromatic carbocycles. The van der Waals surface area contributed by atoms with Crippen molar-refractivity contribution in [2.24, 2.45) is 0 Å². The molecule has 20 heavy (non-hydrogen) atoms. The molecule has 1 amide bonds. The average molecular weight is 343 g/mol. The topological polar surface area (TPSA) is 77.8 Å². The summed E-state index contributed by atoms with van der Waals surface area (Å²) in [6, 6.07) is 1.72. The van der Waals surface area contributed by atoms with Gasteiger partial charge in [0.25, 0.3) is 5.91 Å². The molecule has 2 rings (SSSR count). The third-order valence-corrected chi connectivity index (χ3v) is 2.97. The molecule has 0 saturated carbocycles. The van der Waals surface area contributed by atoms with Gasteiger partial charge in [-0.05, 0) is 28.4 Å². The Hall–Kier alpha value is -1.51. The van der Waals surface area contributed by atoms with Gasteiger partial charge in [0.2, 0.25) is 0 Å². The molecular weight excluding hydrogens is 328 g/mol. The summed E-state index contributed by atoms with van der Waals surface area (Å²) in [4.78, 5) is 16.2. The van der Waals surface area contributed by atoms with Crippen molar-refractivity contribution in [3.8, 4) is 0 Å². The zero-order valence-electron chi connectivity index (χ0n) is 11.0. The van der Waals surface area contributed by atoms with Crippen LogP contribution in [-0.4, -0.2) is 47.6 Å². The number of aromatic nitrogens is 3. The summed E-state index contributed by atoms with van der Waals surface area (Å²) in [5.41, 5.74) is 1.01. The van der Waals surface area contributed by atoms with Gasteiger partial charge in [-0.15, -0.1) is 0 Å². The molecule has 0 aliphatic heterocycles. The first kappa shape index (κ1) is 14.9. The van der Waals surface area contributed by atoms with E-state index in [4.69, 9.17) is 9.47 Å². The molecule has 2 aromatic rings. The number of carbonyl (C=O) groups excluding carboxylic acids is 1. The van der Waals surface area contributed by atoms with E-state index in [1.54, 1.807) is 23.9 Å². The van der Waals surface area contributed by atoms with Crippen molar-refractivity contribution in [1.29, 1.82) is 0 Å². The zero-order chi connectivity index (χ0) is 14.4. The van der Waals surface area contributed by atoms with Gasteiger partial charge in [0.15, 0.2) is 5.65 Å². The molecule has 7 nitrogen and oxygen atoms in total. The predicted molar refractivity (Wildman–Crippen MR) is 75.5 cm³/mol. The van der Waals surface area contributed by atoms with Gasteiger partial charge >= 0.3 is 0 Å². The standard InChI is InChI=1S/C12H15BrN4O3/c1-19-8-20-4-2-3-14-12(18)10-5-9(13)6-17-11(10)15-7-16-17/h5-7H,2-4,8H2,1H3,(H,14,18). The number of nitrogens with zero attached hydrogens (tertiary/aromatic N) is 3. The minimum Gasteiger partial charge on any atom is -0.359 e. The van der Waals surface area contributed by atoms with Crippen LogP contribution in [0.2, 0.25) is 0 Å². The second-order valence-electron chi connectivity index (χ2n) is 4.02. The van der Waals surface area contributed by atoms with Gasteiger partial charge in [-0.2, -0.15) is 5.10 Å². The van der Waals surface area contributed by atoms with Gasteiger partial charge in [-0.25, -0.2) is 9.50 Å². The summed E-state index contributed by atoms with van der Waals surface area (Å²) in [6.45, 7) is 1.32. The zero-order valence-corrected chi connectivity index (χ0v) is 12.6. The number of ether oxygens (including phenoxy) is 2. The SMILES string of the molecule is COCOCCCNC(=O)c1cc(Br)cn2ncnc12. The summed E-state index contributed by atoms with van der Waals surface area (Å²) in [7, 11) is 1.57. The first-order valence-corrected chi connectivity index (χ1v) is 6.85. The third kappa shape index (κ3) is 3.75. The number of fused-ring (bicyclic) bond motifs is 1. The fourth-order valence-electron chi connectivity index (χ4n) is 1.67. The van der Waals surface area contributed by atoms with E-state index in [0.717, 1.165) is 4.47 Å². The molecule has 0 aliphatic carbocycles. The quantitative estimate of drug-likeness (QED) is 0.604. The molecule has 1 N–H and O–H groups in total. The molecule has 108 valence electrons. The van der Waals surface area contributed by atoms with Crippen LogP contribution in [0.3, 0.4) is 0 Å². The van der Waals surface area contributed by atoms with Gasteiger partial charge in [-0.3, -0.25) is 4.79 Å². The molecule has 0 spiro atoms. The molecule has 2 heterocycles. The van der Waals surface area contributed by atoms with Crippen molar-refractivity contribution in [3.63, 3.8) is 0 Å². The van der Waals surface area contributed by atoms with Gasteiger partial charge in [-0.1, -0.05) is 0 Å². The largest absolute Gasteiger partial charge is 0.359 e. The lowest BCUT2D eigenvalue weighted by Gasteiger charge is -2.07. The maximum atomic E-state index is 12.1. The summed E-state index contributed by atoms with van der Waals surface area (Å²) >= 11 is 3.34. The van der Waals surface area contributed by atoms with Crippen molar-refractivity contribution in [2.45, 2.75) is 6.42 Å². The van der Waals surface area contributed by atoms with E-state index in [0.29, 0.717) is 30.8 Å². The Morgan fingerprint density at radius 3 is 3.20 bits per heavy atom. The van der Waals surface area contributed by atoms with Crippen LogP contribution in [0.25, 0.3) is 5.65 Å². The normalized spacial score (nSPS) is 10.9. The van der Waals surface area contributed by atoms with Gasteiger partial charge < -0.3 is 14.8 Å². The van der Waals surface area contributed by atoms with E-state index in [2.05, 4.69) is 31.3 Å². The van der Waals surface area contributed by atoms with Crippen LogP contribution >= 0.6 is 15.9 Å². The monoisotopic (exact) mass is 342 g/mol. The molecule has 0 bridgehead atoms. The smallest absolute Gasteiger partial charge is 0.255 e. The Morgan fingerprint density at radius 2 is 2.40 bits per heavy atom. The second-order valence-corrected chi connectivity index (χ2v) is 4.94. The van der Waals surface area contributed by atoms with Crippen LogP contribution in [0.4, 0.5) is 0 Å². The van der Waals surface area contributed by atoms with Crippen molar-refractivity contribution >= 4 is 27.5 Å². The number of rotatable bonds is 7. The molecule has 0 atom stereocenters. The van der Waals surface area contributed by atoms with Crippen LogP contribution < -0.4 is 5.32 Å². The fraction of sp³-hybridized carbons (Fsp3) is 0.417. The van der Waals surface area contributed by atoms with E-state index in [1.165, 1.54) is 6.33 Å². The van der Waals surface area contributed by atoms with E-state index in [1.807, 2.05) is 0 Å². The van der Waals surface area contributed by atoms with Crippen molar-refractivity contribution in [2.75, 3.05) is 27.1 Å². The molecule has 2 aromatic heterocycles. The molecule has 0 aliphatic rings. The van der Waals surface area contributed by atoms with Crippen LogP contribution in [0.1, 0.15) is 16.8 Å². The molecule has 0 unspecified atom stereocenters. The Balaban J connectivity index is 1.92. The van der Waals surface area contributed by atoms with Crippen molar-refractivity contribution in [1.82, 2.24) is 19.9 Å². The molecule has 0 saturated heterocycles. The molecule has 8 heteroatoms. The van der Waals surface area contributed by atoms with Gasteiger partial charge in [0.1, 0.15) is 13.1 Å². The van der Waals surface area contributed by atoms with Crippen LogP contribution in [0.15, 0.2) is 23.1 Å². The van der Waals surface area contributed by atoms with Crippen molar-refractivity contribution < 1.29 is 14.3 Å². The molecule has 0 radical (unpaired) electrons. The lowest BCUT2D eigenvalue weighted by molar-refractivity contribution is -0.0308. The predicted octanol–water partition coefficient (Wildman–Crippen LogP) is 1.23. The lowest BCUT2D eigenvalue weighted by atomic mass is 10.2. The van der Waals surface area contributed by atoms with Crippen molar-refractivity contribution in [3.05, 3.63) is 28.6 Å². The summed E-state index contributed by atoms with van der Waals surface area (Å²) in [5.74, 6) is -0.184. The second kappa shape index (κ2) is 7.32. The minimum absolute atomic E-state index is 0.184. The van der Waals surface area contributed by atoms with Gasteiger partial charge in [0.05, 0.1) is 12.2 Å². The maximum absolute atomic E-state index is 12.1. The number of hydrogen-bond acceptors (Lipinski definition) is 5. The summed E-state index contributed by atoms with van der Waals surface area (Å²) in [6.07, 6.45) is 3.88. The first-order valence-electron chi connectivity index (χ1n) is 6.06. The van der Waals surface area contributed by atoms with E-state index in [-0.39, 0.29) is 12.7 Å². The number of amides is 1. The first-order chi connectivity index (χ1) is 9.72. The Labute approximate surface area is 124 Å². The Morgan fingerprint density at radius 1 is 1.55 bits per heavy atom. The third-order valence-electron chi connectivity index (χ3n) is 2.54. The van der Waals surface area contributed by atoms with Crippen LogP contribution in [0, 0.1) is 0 Å². The Bertz CT molecular complexity index is 587. The number of halogens is 1. The average Bonchev–Trinajstić information content (AvgIpc) is 2.89. The maximum Gasteiger partial charge on any atom is 0.255 e. The highest BCUT2D eigenvalue weighted by Gasteiger charge is 2.13. The summed E-state index contributed by atoms with van der Waals surface area (Å²) < 4.78 is 12.2. The van der Waals surface area contributed by atoms with Crippen LogP contribution in [0.5, 0.6) is 0 Å².